The first-order chi connectivity index (χ1) is 14.6. The molecule has 3 fully saturated rings. The summed E-state index contributed by atoms with van der Waals surface area (Å²) in [5.41, 5.74) is -1.23. The standard InChI is InChI=1S/C22H33BrN2O6/c1-6-8-24(11(3)4)20(28)18-22-9-13(23)17(31-22)15(21(29)30)16(22)19(27)25(18)14(10-26)12(5)7-2/h6,11-18,26H,1,7-10H2,2-5H3,(H,29,30)/t12-,13?,14-,15+,16-,17+,18?,22?/m0/s1. The Morgan fingerprint density at radius 1 is 1.42 bits per heavy atom. The number of aliphatic hydroxyl groups is 1. The average Bonchev–Trinajstić information content (AvgIpc) is 3.30. The van der Waals surface area contributed by atoms with Crippen molar-refractivity contribution in [2.45, 2.75) is 75.2 Å². The molecule has 8 nitrogen and oxygen atoms in total. The highest BCUT2D eigenvalue weighted by Crippen LogP contribution is 2.60. The van der Waals surface area contributed by atoms with Gasteiger partial charge >= 0.3 is 5.97 Å². The molecular weight excluding hydrogens is 468 g/mol. The Labute approximate surface area is 191 Å². The second kappa shape index (κ2) is 8.83. The molecule has 3 aliphatic heterocycles. The number of carboxylic acids is 1. The zero-order valence-corrected chi connectivity index (χ0v) is 20.1. The van der Waals surface area contributed by atoms with Crippen molar-refractivity contribution in [1.82, 2.24) is 9.80 Å². The van der Waals surface area contributed by atoms with Crippen LogP contribution in [0.2, 0.25) is 0 Å². The molecule has 3 heterocycles. The average molecular weight is 501 g/mol. The molecule has 3 unspecified atom stereocenters. The third-order valence-corrected chi connectivity index (χ3v) is 8.17. The summed E-state index contributed by atoms with van der Waals surface area (Å²) in [6, 6.07) is -1.74. The quantitative estimate of drug-likeness (QED) is 0.368. The van der Waals surface area contributed by atoms with Gasteiger partial charge < -0.3 is 24.7 Å². The molecule has 3 saturated heterocycles. The molecule has 1 spiro atoms. The van der Waals surface area contributed by atoms with Crippen LogP contribution in [0.25, 0.3) is 0 Å². The molecule has 2 N–H and O–H groups in total. The Hall–Kier alpha value is -1.45. The zero-order valence-electron chi connectivity index (χ0n) is 18.5. The van der Waals surface area contributed by atoms with Gasteiger partial charge in [-0.2, -0.15) is 0 Å². The molecule has 31 heavy (non-hydrogen) atoms. The number of nitrogens with zero attached hydrogens (tertiary/aromatic N) is 2. The first-order valence-corrected chi connectivity index (χ1v) is 11.9. The second-order valence-electron chi connectivity index (χ2n) is 9.26. The molecule has 0 saturated carbocycles. The number of carbonyl (C=O) groups is 3. The molecule has 0 aromatic rings. The van der Waals surface area contributed by atoms with E-state index in [0.29, 0.717) is 19.4 Å². The van der Waals surface area contributed by atoms with Gasteiger partial charge in [-0.25, -0.2) is 0 Å². The highest BCUT2D eigenvalue weighted by molar-refractivity contribution is 9.09. The monoisotopic (exact) mass is 500 g/mol. The molecule has 3 rings (SSSR count). The lowest BCUT2D eigenvalue weighted by molar-refractivity contribution is -0.155. The van der Waals surface area contributed by atoms with Crippen LogP contribution in [0.1, 0.15) is 40.5 Å². The number of ether oxygens (including phenoxy) is 1. The molecular formula is C22H33BrN2O6. The predicted molar refractivity (Wildman–Crippen MR) is 118 cm³/mol. The lowest BCUT2D eigenvalue weighted by atomic mass is 9.70. The number of carbonyl (C=O) groups excluding carboxylic acids is 2. The van der Waals surface area contributed by atoms with Gasteiger partial charge in [0.15, 0.2) is 0 Å². The summed E-state index contributed by atoms with van der Waals surface area (Å²) < 4.78 is 6.28. The molecule has 0 aromatic heterocycles. The summed E-state index contributed by atoms with van der Waals surface area (Å²) >= 11 is 3.54. The molecule has 8 atom stereocenters. The molecule has 2 bridgehead atoms. The second-order valence-corrected chi connectivity index (χ2v) is 10.4. The van der Waals surface area contributed by atoms with Gasteiger partial charge in [0.2, 0.25) is 11.8 Å². The van der Waals surface area contributed by atoms with Gasteiger partial charge in [-0.05, 0) is 26.2 Å². The summed E-state index contributed by atoms with van der Waals surface area (Å²) in [5.74, 6) is -3.86. The Morgan fingerprint density at radius 2 is 2.06 bits per heavy atom. The van der Waals surface area contributed by atoms with E-state index >= 15 is 0 Å². The largest absolute Gasteiger partial charge is 0.481 e. The van der Waals surface area contributed by atoms with Crippen LogP contribution in [-0.2, 0) is 19.1 Å². The number of hydrogen-bond donors (Lipinski definition) is 2. The number of aliphatic carboxylic acids is 1. The van der Waals surface area contributed by atoms with Crippen molar-refractivity contribution in [2.75, 3.05) is 13.2 Å². The summed E-state index contributed by atoms with van der Waals surface area (Å²) in [5, 5.41) is 20.1. The molecule has 0 radical (unpaired) electrons. The lowest BCUT2D eigenvalue weighted by Gasteiger charge is -2.41. The van der Waals surface area contributed by atoms with E-state index in [4.69, 9.17) is 4.74 Å². The van der Waals surface area contributed by atoms with Crippen molar-refractivity contribution in [1.29, 1.82) is 0 Å². The number of likely N-dealkylation sites (tertiary alicyclic amines) is 1. The van der Waals surface area contributed by atoms with Crippen molar-refractivity contribution >= 4 is 33.7 Å². The van der Waals surface area contributed by atoms with Gasteiger partial charge in [-0.3, -0.25) is 14.4 Å². The number of rotatable bonds is 9. The van der Waals surface area contributed by atoms with Crippen LogP contribution in [0.4, 0.5) is 0 Å². The van der Waals surface area contributed by atoms with Crippen molar-refractivity contribution in [3.05, 3.63) is 12.7 Å². The minimum Gasteiger partial charge on any atom is -0.481 e. The molecule has 3 aliphatic rings. The summed E-state index contributed by atoms with van der Waals surface area (Å²) in [6.45, 7) is 11.4. The van der Waals surface area contributed by atoms with Crippen LogP contribution in [0, 0.1) is 17.8 Å². The highest BCUT2D eigenvalue weighted by atomic mass is 79.9. The Kier molecular flexibility index (Phi) is 6.89. The van der Waals surface area contributed by atoms with E-state index in [0.717, 1.165) is 0 Å². The first kappa shape index (κ1) is 24.2. The topological polar surface area (TPSA) is 107 Å². The number of fused-ring (bicyclic) bond motifs is 1. The maximum Gasteiger partial charge on any atom is 0.310 e. The van der Waals surface area contributed by atoms with Crippen LogP contribution >= 0.6 is 15.9 Å². The minimum atomic E-state index is -1.23. The molecule has 2 amide bonds. The van der Waals surface area contributed by atoms with Crippen LogP contribution < -0.4 is 0 Å². The van der Waals surface area contributed by atoms with Crippen LogP contribution in [0.5, 0.6) is 0 Å². The SMILES string of the molecule is C=CCN(C(=O)C1N([C@@H](CO)[C@@H](C)CC)C(=O)[C@@H]2[C@@H](C(=O)O)[C@@H]3OC12CC3Br)C(C)C. The fraction of sp³-hybridized carbons (Fsp3) is 0.773. The number of hydrogen-bond acceptors (Lipinski definition) is 5. The van der Waals surface area contributed by atoms with E-state index in [9.17, 15) is 24.6 Å². The summed E-state index contributed by atoms with van der Waals surface area (Å²) in [7, 11) is 0. The number of carboxylic acid groups (broad SMARTS) is 1. The zero-order chi connectivity index (χ0) is 23.2. The first-order valence-electron chi connectivity index (χ1n) is 11.0. The van der Waals surface area contributed by atoms with E-state index in [1.54, 1.807) is 11.0 Å². The number of aliphatic hydroxyl groups excluding tert-OH is 1. The van der Waals surface area contributed by atoms with E-state index in [1.807, 2.05) is 27.7 Å². The normalized spacial score (nSPS) is 35.9. The van der Waals surface area contributed by atoms with Gasteiger partial charge in [0.05, 0.1) is 30.6 Å². The van der Waals surface area contributed by atoms with Crippen molar-refractivity contribution in [3.8, 4) is 0 Å². The molecule has 0 aromatic carbocycles. The Bertz CT molecular complexity index is 760. The van der Waals surface area contributed by atoms with Gasteiger partial charge in [0.1, 0.15) is 11.6 Å². The molecule has 0 aliphatic carbocycles. The Balaban J connectivity index is 2.16. The van der Waals surface area contributed by atoms with Gasteiger partial charge in [0, 0.05) is 17.4 Å². The van der Waals surface area contributed by atoms with Crippen molar-refractivity contribution in [3.63, 3.8) is 0 Å². The lowest BCUT2D eigenvalue weighted by Crippen LogP contribution is -2.60. The van der Waals surface area contributed by atoms with Crippen LogP contribution in [0.15, 0.2) is 12.7 Å². The fourth-order valence-electron chi connectivity index (χ4n) is 5.65. The predicted octanol–water partition coefficient (Wildman–Crippen LogP) is 1.65. The maximum atomic E-state index is 13.9. The fourth-order valence-corrected chi connectivity index (χ4v) is 6.59. The molecule has 9 heteroatoms. The molecule has 174 valence electrons. The van der Waals surface area contributed by atoms with Gasteiger partial charge in [-0.1, -0.05) is 42.3 Å². The third kappa shape index (κ3) is 3.53. The number of alkyl halides is 1. The third-order valence-electron chi connectivity index (χ3n) is 7.32. The van der Waals surface area contributed by atoms with E-state index < -0.39 is 47.5 Å². The van der Waals surface area contributed by atoms with E-state index in [2.05, 4.69) is 22.5 Å². The van der Waals surface area contributed by atoms with Crippen molar-refractivity contribution < 1.29 is 29.3 Å². The highest BCUT2D eigenvalue weighted by Gasteiger charge is 2.77. The van der Waals surface area contributed by atoms with Gasteiger partial charge in [-0.15, -0.1) is 6.58 Å². The Morgan fingerprint density at radius 3 is 2.55 bits per heavy atom. The summed E-state index contributed by atoms with van der Waals surface area (Å²) in [4.78, 5) is 42.6. The van der Waals surface area contributed by atoms with E-state index in [-0.39, 0.29) is 29.3 Å². The number of amides is 2. The summed E-state index contributed by atoms with van der Waals surface area (Å²) in [6.07, 6.45) is 2.02. The van der Waals surface area contributed by atoms with Crippen molar-refractivity contribution in [2.24, 2.45) is 17.8 Å². The van der Waals surface area contributed by atoms with Crippen LogP contribution in [-0.4, -0.2) is 85.6 Å². The maximum absolute atomic E-state index is 13.9. The van der Waals surface area contributed by atoms with E-state index in [1.165, 1.54) is 4.90 Å². The van der Waals surface area contributed by atoms with Gasteiger partial charge in [0.25, 0.3) is 0 Å². The smallest absolute Gasteiger partial charge is 0.310 e. The van der Waals surface area contributed by atoms with Crippen LogP contribution in [0.3, 0.4) is 0 Å². The number of halogens is 1. The minimum absolute atomic E-state index is 0.0772.